The zero-order chi connectivity index (χ0) is 20.6. The van der Waals surface area contributed by atoms with E-state index in [2.05, 4.69) is 15.4 Å². The highest BCUT2D eigenvalue weighted by atomic mass is 19.4. The van der Waals surface area contributed by atoms with Gasteiger partial charge in [-0.2, -0.15) is 28.7 Å². The summed E-state index contributed by atoms with van der Waals surface area (Å²) in [4.78, 5) is 0. The van der Waals surface area contributed by atoms with Crippen LogP contribution in [0.1, 0.15) is 22.6 Å². The van der Waals surface area contributed by atoms with E-state index in [1.807, 2.05) is 6.07 Å². The number of nitriles is 1. The molecule has 0 spiro atoms. The Morgan fingerprint density at radius 1 is 1.17 bits per heavy atom. The van der Waals surface area contributed by atoms with E-state index in [1.54, 1.807) is 37.3 Å². The number of hydrogen-bond acceptors (Lipinski definition) is 5. The standard InChI is InChI=1S/C20H13F3N4O2/c1-11-14-6-3-7-15(20(21,22)23)19(14)29-17(11)10-28-13-5-2-4-12(8-13)18-16(9-24)25-27-26-18/h2-8H,10H2,1H3,(H,25,26,27). The summed E-state index contributed by atoms with van der Waals surface area (Å²) in [5.41, 5.74) is 0.717. The van der Waals surface area contributed by atoms with Crippen molar-refractivity contribution in [2.45, 2.75) is 19.7 Å². The first kappa shape index (κ1) is 18.6. The van der Waals surface area contributed by atoms with Crippen molar-refractivity contribution in [2.24, 2.45) is 0 Å². The maximum atomic E-state index is 13.2. The monoisotopic (exact) mass is 398 g/mol. The molecule has 29 heavy (non-hydrogen) atoms. The molecule has 6 nitrogen and oxygen atoms in total. The molecule has 0 unspecified atom stereocenters. The van der Waals surface area contributed by atoms with E-state index < -0.39 is 11.7 Å². The lowest BCUT2D eigenvalue weighted by Crippen LogP contribution is -2.04. The number of nitrogens with one attached hydrogen (secondary N) is 1. The number of furan rings is 1. The molecule has 9 heteroatoms. The van der Waals surface area contributed by atoms with Crippen LogP contribution in [0.5, 0.6) is 5.75 Å². The number of aromatic nitrogens is 3. The Morgan fingerprint density at radius 2 is 1.97 bits per heavy atom. The first-order valence-electron chi connectivity index (χ1n) is 8.50. The smallest absolute Gasteiger partial charge is 0.420 e. The summed E-state index contributed by atoms with van der Waals surface area (Å²) < 4.78 is 50.9. The first-order valence-corrected chi connectivity index (χ1v) is 8.50. The van der Waals surface area contributed by atoms with E-state index in [0.717, 1.165) is 6.07 Å². The Labute approximate surface area is 162 Å². The van der Waals surface area contributed by atoms with Crippen molar-refractivity contribution in [1.29, 1.82) is 5.26 Å². The van der Waals surface area contributed by atoms with Gasteiger partial charge in [-0.3, -0.25) is 0 Å². The van der Waals surface area contributed by atoms with Crippen molar-refractivity contribution in [3.63, 3.8) is 0 Å². The Hall–Kier alpha value is -3.80. The average molecular weight is 398 g/mol. The van der Waals surface area contributed by atoms with Crippen LogP contribution >= 0.6 is 0 Å². The summed E-state index contributed by atoms with van der Waals surface area (Å²) in [6.07, 6.45) is -4.51. The number of hydrogen-bond donors (Lipinski definition) is 1. The van der Waals surface area contributed by atoms with Crippen molar-refractivity contribution in [1.82, 2.24) is 15.4 Å². The highest BCUT2D eigenvalue weighted by Crippen LogP contribution is 2.38. The molecule has 0 amide bonds. The number of H-pyrrole nitrogens is 1. The molecule has 0 radical (unpaired) electrons. The Kier molecular flexibility index (Phi) is 4.47. The minimum atomic E-state index is -4.51. The van der Waals surface area contributed by atoms with Gasteiger partial charge in [0, 0.05) is 16.5 Å². The SMILES string of the molecule is Cc1c(COc2cccc(-c3n[nH]nc3C#N)c2)oc2c(C(F)(F)F)cccc12. The minimum Gasteiger partial charge on any atom is -0.486 e. The quantitative estimate of drug-likeness (QED) is 0.523. The Balaban J connectivity index is 1.62. The molecule has 0 aliphatic heterocycles. The van der Waals surface area contributed by atoms with Gasteiger partial charge in [0.2, 0.25) is 0 Å². The van der Waals surface area contributed by atoms with Crippen LogP contribution in [0.2, 0.25) is 0 Å². The second-order valence-corrected chi connectivity index (χ2v) is 6.28. The molecule has 0 aliphatic carbocycles. The second-order valence-electron chi connectivity index (χ2n) is 6.28. The van der Waals surface area contributed by atoms with Crippen molar-refractivity contribution in [3.8, 4) is 23.1 Å². The van der Waals surface area contributed by atoms with Gasteiger partial charge >= 0.3 is 6.18 Å². The van der Waals surface area contributed by atoms with Gasteiger partial charge in [0.15, 0.2) is 5.69 Å². The Morgan fingerprint density at radius 3 is 2.72 bits per heavy atom. The topological polar surface area (TPSA) is 87.7 Å². The maximum Gasteiger partial charge on any atom is 0.420 e. The number of halogens is 3. The van der Waals surface area contributed by atoms with Gasteiger partial charge in [0.05, 0.1) is 5.56 Å². The van der Waals surface area contributed by atoms with Crippen molar-refractivity contribution in [3.05, 3.63) is 65.0 Å². The van der Waals surface area contributed by atoms with Crippen molar-refractivity contribution >= 4 is 11.0 Å². The lowest BCUT2D eigenvalue weighted by molar-refractivity contribution is -0.136. The molecule has 0 aliphatic rings. The van der Waals surface area contributed by atoms with E-state index in [9.17, 15) is 13.2 Å². The van der Waals surface area contributed by atoms with Crippen molar-refractivity contribution in [2.75, 3.05) is 0 Å². The average Bonchev–Trinajstić information content (AvgIpc) is 3.30. The first-order chi connectivity index (χ1) is 13.9. The molecular weight excluding hydrogens is 385 g/mol. The zero-order valence-electron chi connectivity index (χ0n) is 15.0. The number of ether oxygens (including phenoxy) is 1. The fourth-order valence-electron chi connectivity index (χ4n) is 3.05. The summed E-state index contributed by atoms with van der Waals surface area (Å²) in [5, 5.41) is 19.6. The van der Waals surface area contributed by atoms with Gasteiger partial charge in [-0.05, 0) is 25.1 Å². The third-order valence-electron chi connectivity index (χ3n) is 4.50. The maximum absolute atomic E-state index is 13.2. The summed E-state index contributed by atoms with van der Waals surface area (Å²) in [6.45, 7) is 1.64. The van der Waals surface area contributed by atoms with E-state index in [4.69, 9.17) is 14.4 Å². The zero-order valence-corrected chi connectivity index (χ0v) is 15.0. The lowest BCUT2D eigenvalue weighted by Gasteiger charge is -2.07. The number of aromatic amines is 1. The molecule has 146 valence electrons. The molecule has 4 rings (SSSR count). The number of aryl methyl sites for hydroxylation is 1. The van der Waals surface area contributed by atoms with E-state index in [0.29, 0.717) is 33.7 Å². The molecule has 0 atom stereocenters. The highest BCUT2D eigenvalue weighted by molar-refractivity contribution is 5.85. The fraction of sp³-hybridized carbons (Fsp3) is 0.150. The molecule has 2 heterocycles. The predicted molar refractivity (Wildman–Crippen MR) is 96.8 cm³/mol. The summed E-state index contributed by atoms with van der Waals surface area (Å²) in [5.74, 6) is 0.756. The van der Waals surface area contributed by atoms with Crippen molar-refractivity contribution < 1.29 is 22.3 Å². The van der Waals surface area contributed by atoms with Gasteiger partial charge in [-0.25, -0.2) is 0 Å². The van der Waals surface area contributed by atoms with Gasteiger partial charge in [-0.15, -0.1) is 5.10 Å². The number of alkyl halides is 3. The van der Waals surface area contributed by atoms with E-state index in [1.165, 1.54) is 6.07 Å². The summed E-state index contributed by atoms with van der Waals surface area (Å²) in [6, 6.07) is 12.7. The number of para-hydroxylation sites is 1. The number of benzene rings is 2. The fourth-order valence-corrected chi connectivity index (χ4v) is 3.05. The molecule has 2 aromatic heterocycles. The van der Waals surface area contributed by atoms with Gasteiger partial charge in [0.25, 0.3) is 0 Å². The summed E-state index contributed by atoms with van der Waals surface area (Å²) in [7, 11) is 0. The molecule has 0 bridgehead atoms. The molecular formula is C20H13F3N4O2. The lowest BCUT2D eigenvalue weighted by atomic mass is 10.1. The number of nitrogens with zero attached hydrogens (tertiary/aromatic N) is 3. The van der Waals surface area contributed by atoms with E-state index >= 15 is 0 Å². The largest absolute Gasteiger partial charge is 0.486 e. The summed E-state index contributed by atoms with van der Waals surface area (Å²) >= 11 is 0. The van der Waals surface area contributed by atoms with E-state index in [-0.39, 0.29) is 17.9 Å². The number of rotatable bonds is 4. The normalized spacial score (nSPS) is 11.6. The van der Waals surface area contributed by atoms with Crippen LogP contribution in [0, 0.1) is 18.3 Å². The molecule has 0 saturated carbocycles. The van der Waals surface area contributed by atoms with Crippen LogP contribution < -0.4 is 4.74 Å². The van der Waals surface area contributed by atoms with Crippen LogP contribution in [0.15, 0.2) is 46.9 Å². The molecule has 2 aromatic carbocycles. The van der Waals surface area contributed by atoms with Crippen LogP contribution in [0.4, 0.5) is 13.2 Å². The second kappa shape index (κ2) is 6.98. The third-order valence-corrected chi connectivity index (χ3v) is 4.50. The molecule has 0 fully saturated rings. The van der Waals surface area contributed by atoms with Gasteiger partial charge in [-0.1, -0.05) is 24.3 Å². The van der Waals surface area contributed by atoms with Crippen LogP contribution in [-0.2, 0) is 12.8 Å². The van der Waals surface area contributed by atoms with Gasteiger partial charge < -0.3 is 9.15 Å². The Bertz CT molecular complexity index is 1230. The predicted octanol–water partition coefficient (Wildman–Crippen LogP) is 5.00. The van der Waals surface area contributed by atoms with Crippen LogP contribution in [-0.4, -0.2) is 15.4 Å². The highest BCUT2D eigenvalue weighted by Gasteiger charge is 2.34. The molecule has 0 saturated heterocycles. The van der Waals surface area contributed by atoms with Gasteiger partial charge in [0.1, 0.15) is 35.5 Å². The molecule has 4 aromatic rings. The molecule has 1 N–H and O–H groups in total. The minimum absolute atomic E-state index is 0.0504. The third kappa shape index (κ3) is 3.40. The van der Waals surface area contributed by atoms with Crippen LogP contribution in [0.3, 0.4) is 0 Å². The number of fused-ring (bicyclic) bond motifs is 1. The van der Waals surface area contributed by atoms with Crippen LogP contribution in [0.25, 0.3) is 22.2 Å².